The van der Waals surface area contributed by atoms with Gasteiger partial charge in [0.05, 0.1) is 5.69 Å². The van der Waals surface area contributed by atoms with Crippen LogP contribution in [-0.2, 0) is 4.79 Å². The van der Waals surface area contributed by atoms with Gasteiger partial charge in [0.1, 0.15) is 12.3 Å². The first kappa shape index (κ1) is 7.16. The van der Waals surface area contributed by atoms with Crippen LogP contribution in [0.25, 0.3) is 6.08 Å². The number of nitrogens with zero attached hydrogens (tertiary/aromatic N) is 1. The van der Waals surface area contributed by atoms with Crippen LogP contribution in [0, 0.1) is 0 Å². The number of hydrogen-bond donors (Lipinski definition) is 1. The summed E-state index contributed by atoms with van der Waals surface area (Å²) in [5, 5.41) is 0. The molecule has 0 amide bonds. The molecule has 1 aliphatic rings. The Morgan fingerprint density at radius 3 is 3.25 bits per heavy atom. The molecular formula is C9H10N2O. The fourth-order valence-electron chi connectivity index (χ4n) is 1.45. The molecule has 0 radical (unpaired) electrons. The van der Waals surface area contributed by atoms with Crippen LogP contribution in [0.5, 0.6) is 0 Å². The molecule has 1 N–H and O–H groups in total. The average Bonchev–Trinajstić information content (AvgIpc) is 2.52. The van der Waals surface area contributed by atoms with Gasteiger partial charge < -0.3 is 14.7 Å². The van der Waals surface area contributed by atoms with Crippen molar-refractivity contribution in [3.63, 3.8) is 0 Å². The molecule has 1 aromatic heterocycles. The summed E-state index contributed by atoms with van der Waals surface area (Å²) in [6.07, 6.45) is 6.70. The molecule has 0 aromatic carbocycles. The SMILES string of the molecule is CN1C=Cc2cc[nH]c2C1C=O. The lowest BCUT2D eigenvalue weighted by molar-refractivity contribution is -0.111. The minimum absolute atomic E-state index is 0.153. The Labute approximate surface area is 70.7 Å². The number of nitrogens with one attached hydrogen (secondary N) is 1. The minimum Gasteiger partial charge on any atom is -0.366 e. The zero-order chi connectivity index (χ0) is 8.55. The Balaban J connectivity index is 2.49. The van der Waals surface area contributed by atoms with E-state index in [4.69, 9.17) is 0 Å². The van der Waals surface area contributed by atoms with E-state index in [1.807, 2.05) is 36.5 Å². The highest BCUT2D eigenvalue weighted by Gasteiger charge is 2.20. The summed E-state index contributed by atoms with van der Waals surface area (Å²) in [7, 11) is 1.89. The number of carbonyl (C=O) groups excluding carboxylic acids is 1. The third-order valence-corrected chi connectivity index (χ3v) is 2.17. The zero-order valence-electron chi connectivity index (χ0n) is 6.82. The first-order chi connectivity index (χ1) is 5.83. The fraction of sp³-hybridized carbons (Fsp3) is 0.222. The molecule has 62 valence electrons. The second kappa shape index (κ2) is 2.52. The summed E-state index contributed by atoms with van der Waals surface area (Å²) in [6.45, 7) is 0. The number of aromatic amines is 1. The van der Waals surface area contributed by atoms with Crippen molar-refractivity contribution in [2.45, 2.75) is 6.04 Å². The van der Waals surface area contributed by atoms with Crippen LogP contribution in [0.4, 0.5) is 0 Å². The maximum atomic E-state index is 10.7. The second-order valence-electron chi connectivity index (χ2n) is 2.91. The fourth-order valence-corrected chi connectivity index (χ4v) is 1.45. The highest BCUT2D eigenvalue weighted by molar-refractivity contribution is 5.68. The second-order valence-corrected chi connectivity index (χ2v) is 2.91. The van der Waals surface area contributed by atoms with Crippen molar-refractivity contribution in [1.29, 1.82) is 0 Å². The Bertz CT molecular complexity index is 327. The lowest BCUT2D eigenvalue weighted by Crippen LogP contribution is -2.23. The maximum Gasteiger partial charge on any atom is 0.148 e. The van der Waals surface area contributed by atoms with E-state index in [1.165, 1.54) is 0 Å². The molecule has 1 unspecified atom stereocenters. The minimum atomic E-state index is -0.153. The van der Waals surface area contributed by atoms with E-state index in [9.17, 15) is 4.79 Å². The van der Waals surface area contributed by atoms with Gasteiger partial charge in [0.15, 0.2) is 0 Å². The number of likely N-dealkylation sites (N-methyl/N-ethyl adjacent to an activating group) is 1. The summed E-state index contributed by atoms with van der Waals surface area (Å²) in [4.78, 5) is 15.7. The smallest absolute Gasteiger partial charge is 0.148 e. The van der Waals surface area contributed by atoms with Crippen molar-refractivity contribution in [1.82, 2.24) is 9.88 Å². The molecule has 0 spiro atoms. The molecule has 0 saturated carbocycles. The van der Waals surface area contributed by atoms with Gasteiger partial charge >= 0.3 is 0 Å². The molecule has 0 aliphatic carbocycles. The molecule has 1 atom stereocenters. The van der Waals surface area contributed by atoms with E-state index in [1.54, 1.807) is 0 Å². The molecular weight excluding hydrogens is 152 g/mol. The third-order valence-electron chi connectivity index (χ3n) is 2.17. The number of hydrogen-bond acceptors (Lipinski definition) is 2. The number of fused-ring (bicyclic) bond motifs is 1. The van der Waals surface area contributed by atoms with E-state index in [-0.39, 0.29) is 6.04 Å². The van der Waals surface area contributed by atoms with Crippen LogP contribution in [-0.4, -0.2) is 23.2 Å². The molecule has 1 aliphatic heterocycles. The first-order valence-corrected chi connectivity index (χ1v) is 3.85. The number of rotatable bonds is 1. The van der Waals surface area contributed by atoms with Gasteiger partial charge in [0.2, 0.25) is 0 Å². The molecule has 0 saturated heterocycles. The zero-order valence-corrected chi connectivity index (χ0v) is 6.82. The highest BCUT2D eigenvalue weighted by Crippen LogP contribution is 2.25. The lowest BCUT2D eigenvalue weighted by Gasteiger charge is -2.25. The van der Waals surface area contributed by atoms with Crippen molar-refractivity contribution in [3.8, 4) is 0 Å². The monoisotopic (exact) mass is 162 g/mol. The molecule has 3 nitrogen and oxygen atoms in total. The third kappa shape index (κ3) is 0.863. The standard InChI is InChI=1S/C9H10N2O/c1-11-5-3-7-2-4-10-9(7)8(11)6-12/h2-6,8,10H,1H3. The van der Waals surface area contributed by atoms with E-state index in [2.05, 4.69) is 4.98 Å². The van der Waals surface area contributed by atoms with E-state index < -0.39 is 0 Å². The van der Waals surface area contributed by atoms with Gasteiger partial charge in [-0.3, -0.25) is 0 Å². The van der Waals surface area contributed by atoms with Crippen molar-refractivity contribution in [3.05, 3.63) is 29.7 Å². The molecule has 0 bridgehead atoms. The molecule has 12 heavy (non-hydrogen) atoms. The van der Waals surface area contributed by atoms with Crippen molar-refractivity contribution >= 4 is 12.4 Å². The van der Waals surface area contributed by atoms with Crippen LogP contribution in [0.3, 0.4) is 0 Å². The van der Waals surface area contributed by atoms with Crippen LogP contribution in [0.2, 0.25) is 0 Å². The predicted octanol–water partition coefficient (Wildman–Crippen LogP) is 1.17. The molecule has 3 heteroatoms. The van der Waals surface area contributed by atoms with E-state index in [0.29, 0.717) is 0 Å². The normalized spacial score (nSPS) is 20.8. The van der Waals surface area contributed by atoms with E-state index in [0.717, 1.165) is 17.5 Å². The lowest BCUT2D eigenvalue weighted by atomic mass is 10.1. The quantitative estimate of drug-likeness (QED) is 0.629. The summed E-state index contributed by atoms with van der Waals surface area (Å²) in [6, 6.07) is 1.81. The maximum absolute atomic E-state index is 10.7. The summed E-state index contributed by atoms with van der Waals surface area (Å²) < 4.78 is 0. The summed E-state index contributed by atoms with van der Waals surface area (Å²) in [5.74, 6) is 0. The van der Waals surface area contributed by atoms with Crippen molar-refractivity contribution in [2.24, 2.45) is 0 Å². The topological polar surface area (TPSA) is 36.1 Å². The largest absolute Gasteiger partial charge is 0.366 e. The van der Waals surface area contributed by atoms with Crippen molar-refractivity contribution in [2.75, 3.05) is 7.05 Å². The molecule has 0 fully saturated rings. The Morgan fingerprint density at radius 2 is 2.50 bits per heavy atom. The van der Waals surface area contributed by atoms with Gasteiger partial charge in [-0.2, -0.15) is 0 Å². The van der Waals surface area contributed by atoms with Gasteiger partial charge in [-0.25, -0.2) is 0 Å². The van der Waals surface area contributed by atoms with Crippen LogP contribution >= 0.6 is 0 Å². The highest BCUT2D eigenvalue weighted by atomic mass is 16.1. The van der Waals surface area contributed by atoms with Crippen LogP contribution < -0.4 is 0 Å². The number of carbonyl (C=O) groups is 1. The summed E-state index contributed by atoms with van der Waals surface area (Å²) in [5.41, 5.74) is 2.08. The van der Waals surface area contributed by atoms with Gasteiger partial charge in [-0.05, 0) is 17.7 Å². The Hall–Kier alpha value is -1.51. The van der Waals surface area contributed by atoms with Gasteiger partial charge in [-0.1, -0.05) is 0 Å². The molecule has 2 rings (SSSR count). The number of aromatic nitrogens is 1. The van der Waals surface area contributed by atoms with Gasteiger partial charge in [-0.15, -0.1) is 0 Å². The average molecular weight is 162 g/mol. The molecule has 2 heterocycles. The Morgan fingerprint density at radius 1 is 1.67 bits per heavy atom. The number of H-pyrrole nitrogens is 1. The molecule has 1 aromatic rings. The van der Waals surface area contributed by atoms with E-state index >= 15 is 0 Å². The van der Waals surface area contributed by atoms with Crippen LogP contribution in [0.1, 0.15) is 17.3 Å². The van der Waals surface area contributed by atoms with Gasteiger partial charge in [0, 0.05) is 19.4 Å². The number of aldehydes is 1. The Kier molecular flexibility index (Phi) is 1.50. The van der Waals surface area contributed by atoms with Crippen LogP contribution in [0.15, 0.2) is 18.5 Å². The summed E-state index contributed by atoms with van der Waals surface area (Å²) >= 11 is 0. The van der Waals surface area contributed by atoms with Crippen molar-refractivity contribution < 1.29 is 4.79 Å². The van der Waals surface area contributed by atoms with Gasteiger partial charge in [0.25, 0.3) is 0 Å². The predicted molar refractivity (Wildman–Crippen MR) is 46.4 cm³/mol. The first-order valence-electron chi connectivity index (χ1n) is 3.85.